The Labute approximate surface area is 124 Å². The van der Waals surface area contributed by atoms with E-state index in [9.17, 15) is 9.59 Å². The predicted octanol–water partition coefficient (Wildman–Crippen LogP) is 2.01. The van der Waals surface area contributed by atoms with Gasteiger partial charge in [0.2, 0.25) is 5.91 Å². The summed E-state index contributed by atoms with van der Waals surface area (Å²) in [5.74, 6) is -0.453. The van der Waals surface area contributed by atoms with Crippen molar-refractivity contribution in [2.75, 3.05) is 19.7 Å². The number of likely N-dealkylation sites (tertiary alicyclic amines) is 1. The normalized spacial score (nSPS) is 17.8. The molecule has 1 amide bonds. The third-order valence-electron chi connectivity index (χ3n) is 3.86. The van der Waals surface area contributed by atoms with E-state index in [-0.39, 0.29) is 12.3 Å². The number of carboxylic acid groups (broad SMARTS) is 1. The minimum Gasteiger partial charge on any atom is -0.493 e. The number of aryl methyl sites for hydroxylation is 2. The molecule has 1 aromatic carbocycles. The Kier molecular flexibility index (Phi) is 4.83. The van der Waals surface area contributed by atoms with Crippen molar-refractivity contribution in [3.8, 4) is 5.75 Å². The standard InChI is InChI=1S/C16H21NO4/c1-11-4-3-5-12(2)15(11)21-9-7-14(18)17-8-6-13(10-17)16(19)20/h3-5,13H,6-10H2,1-2H3,(H,19,20). The van der Waals surface area contributed by atoms with Gasteiger partial charge in [-0.15, -0.1) is 0 Å². The van der Waals surface area contributed by atoms with Crippen LogP contribution in [0, 0.1) is 19.8 Å². The fraction of sp³-hybridized carbons (Fsp3) is 0.500. The van der Waals surface area contributed by atoms with Gasteiger partial charge in [0.05, 0.1) is 18.9 Å². The minimum atomic E-state index is -0.822. The summed E-state index contributed by atoms with van der Waals surface area (Å²) >= 11 is 0. The fourth-order valence-electron chi connectivity index (χ4n) is 2.61. The number of rotatable bonds is 5. The quantitative estimate of drug-likeness (QED) is 0.901. The molecule has 1 aliphatic rings. The smallest absolute Gasteiger partial charge is 0.308 e. The summed E-state index contributed by atoms with van der Waals surface area (Å²) in [7, 11) is 0. The number of hydrogen-bond acceptors (Lipinski definition) is 3. The van der Waals surface area contributed by atoms with Crippen molar-refractivity contribution in [2.45, 2.75) is 26.7 Å². The van der Waals surface area contributed by atoms with E-state index < -0.39 is 11.9 Å². The number of nitrogens with zero attached hydrogens (tertiary/aromatic N) is 1. The lowest BCUT2D eigenvalue weighted by Gasteiger charge is -2.17. The molecule has 1 aromatic rings. The number of carbonyl (C=O) groups excluding carboxylic acids is 1. The van der Waals surface area contributed by atoms with Crippen LogP contribution < -0.4 is 4.74 Å². The van der Waals surface area contributed by atoms with Gasteiger partial charge in [-0.25, -0.2) is 0 Å². The molecule has 0 spiro atoms. The third-order valence-corrected chi connectivity index (χ3v) is 3.86. The monoisotopic (exact) mass is 291 g/mol. The molecule has 1 atom stereocenters. The van der Waals surface area contributed by atoms with Gasteiger partial charge in [-0.1, -0.05) is 18.2 Å². The van der Waals surface area contributed by atoms with Crippen LogP contribution in [0.2, 0.25) is 0 Å². The van der Waals surface area contributed by atoms with Crippen molar-refractivity contribution in [2.24, 2.45) is 5.92 Å². The molecule has 0 saturated carbocycles. The maximum atomic E-state index is 12.0. The van der Waals surface area contributed by atoms with Gasteiger partial charge in [0.15, 0.2) is 0 Å². The fourth-order valence-corrected chi connectivity index (χ4v) is 2.61. The summed E-state index contributed by atoms with van der Waals surface area (Å²) in [6.07, 6.45) is 0.818. The van der Waals surface area contributed by atoms with Crippen LogP contribution in [-0.4, -0.2) is 41.6 Å². The lowest BCUT2D eigenvalue weighted by molar-refractivity contribution is -0.141. The molecule has 21 heavy (non-hydrogen) atoms. The Morgan fingerprint density at radius 1 is 1.33 bits per heavy atom. The molecule has 1 fully saturated rings. The molecule has 0 radical (unpaired) electrons. The molecule has 2 rings (SSSR count). The van der Waals surface area contributed by atoms with Crippen LogP contribution in [0.25, 0.3) is 0 Å². The van der Waals surface area contributed by atoms with E-state index in [1.54, 1.807) is 4.90 Å². The van der Waals surface area contributed by atoms with Gasteiger partial charge in [-0.2, -0.15) is 0 Å². The summed E-state index contributed by atoms with van der Waals surface area (Å²) in [5, 5.41) is 8.94. The van der Waals surface area contributed by atoms with Gasteiger partial charge in [-0.3, -0.25) is 9.59 Å². The van der Waals surface area contributed by atoms with E-state index in [0.717, 1.165) is 16.9 Å². The van der Waals surface area contributed by atoms with Crippen LogP contribution in [-0.2, 0) is 9.59 Å². The molecule has 0 bridgehead atoms. The van der Waals surface area contributed by atoms with E-state index in [1.807, 2.05) is 32.0 Å². The number of carbonyl (C=O) groups is 2. The molecule has 1 N–H and O–H groups in total. The van der Waals surface area contributed by atoms with Crippen molar-refractivity contribution in [1.82, 2.24) is 4.90 Å². The Morgan fingerprint density at radius 2 is 2.00 bits per heavy atom. The van der Waals surface area contributed by atoms with Crippen LogP contribution in [0.5, 0.6) is 5.75 Å². The molecule has 1 aliphatic heterocycles. The summed E-state index contributed by atoms with van der Waals surface area (Å²) in [6.45, 7) is 5.11. The Hall–Kier alpha value is -2.04. The van der Waals surface area contributed by atoms with Gasteiger partial charge in [-0.05, 0) is 31.4 Å². The van der Waals surface area contributed by atoms with Crippen molar-refractivity contribution in [3.05, 3.63) is 29.3 Å². The highest BCUT2D eigenvalue weighted by molar-refractivity contribution is 5.78. The number of carboxylic acids is 1. The molecule has 5 nitrogen and oxygen atoms in total. The van der Waals surface area contributed by atoms with Crippen molar-refractivity contribution in [3.63, 3.8) is 0 Å². The summed E-state index contributed by atoms with van der Waals surface area (Å²) < 4.78 is 5.71. The highest BCUT2D eigenvalue weighted by atomic mass is 16.5. The SMILES string of the molecule is Cc1cccc(C)c1OCCC(=O)N1CCC(C(=O)O)C1. The Bertz CT molecular complexity index is 521. The molecular weight excluding hydrogens is 270 g/mol. The number of amides is 1. The second-order valence-corrected chi connectivity index (χ2v) is 5.48. The first kappa shape index (κ1) is 15.4. The zero-order chi connectivity index (χ0) is 15.4. The van der Waals surface area contributed by atoms with Crippen molar-refractivity contribution in [1.29, 1.82) is 0 Å². The molecule has 1 heterocycles. The number of para-hydroxylation sites is 1. The van der Waals surface area contributed by atoms with Crippen LogP contribution >= 0.6 is 0 Å². The molecule has 1 saturated heterocycles. The van der Waals surface area contributed by atoms with E-state index in [4.69, 9.17) is 9.84 Å². The first-order chi connectivity index (χ1) is 9.99. The van der Waals surface area contributed by atoms with Crippen LogP contribution in [0.4, 0.5) is 0 Å². The minimum absolute atomic E-state index is 0.0370. The molecular formula is C16H21NO4. The highest BCUT2D eigenvalue weighted by Crippen LogP contribution is 2.23. The van der Waals surface area contributed by atoms with E-state index in [0.29, 0.717) is 26.1 Å². The van der Waals surface area contributed by atoms with Gasteiger partial charge in [0.1, 0.15) is 5.75 Å². The average molecular weight is 291 g/mol. The van der Waals surface area contributed by atoms with E-state index in [2.05, 4.69) is 0 Å². The Balaban J connectivity index is 1.81. The highest BCUT2D eigenvalue weighted by Gasteiger charge is 2.30. The van der Waals surface area contributed by atoms with Gasteiger partial charge in [0, 0.05) is 13.1 Å². The first-order valence-corrected chi connectivity index (χ1v) is 7.18. The molecule has 0 aliphatic carbocycles. The maximum Gasteiger partial charge on any atom is 0.308 e. The Morgan fingerprint density at radius 3 is 2.57 bits per heavy atom. The molecule has 5 heteroatoms. The van der Waals surface area contributed by atoms with Crippen molar-refractivity contribution < 1.29 is 19.4 Å². The van der Waals surface area contributed by atoms with Gasteiger partial charge in [0.25, 0.3) is 0 Å². The summed E-state index contributed by atoms with van der Waals surface area (Å²) in [4.78, 5) is 24.5. The predicted molar refractivity (Wildman–Crippen MR) is 78.4 cm³/mol. The molecule has 114 valence electrons. The summed E-state index contributed by atoms with van der Waals surface area (Å²) in [5.41, 5.74) is 2.10. The average Bonchev–Trinajstić information content (AvgIpc) is 2.92. The van der Waals surface area contributed by atoms with Crippen molar-refractivity contribution >= 4 is 11.9 Å². The number of hydrogen-bond donors (Lipinski definition) is 1. The number of ether oxygens (including phenoxy) is 1. The second-order valence-electron chi connectivity index (χ2n) is 5.48. The zero-order valence-electron chi connectivity index (χ0n) is 12.5. The van der Waals surface area contributed by atoms with Gasteiger partial charge < -0.3 is 14.7 Å². The summed E-state index contributed by atoms with van der Waals surface area (Å²) in [6, 6.07) is 5.92. The topological polar surface area (TPSA) is 66.8 Å². The van der Waals surface area contributed by atoms with Crippen LogP contribution in [0.1, 0.15) is 24.0 Å². The number of benzene rings is 1. The van der Waals surface area contributed by atoms with E-state index >= 15 is 0 Å². The first-order valence-electron chi connectivity index (χ1n) is 7.18. The maximum absolute atomic E-state index is 12.0. The third kappa shape index (κ3) is 3.74. The number of aliphatic carboxylic acids is 1. The molecule has 1 unspecified atom stereocenters. The van der Waals surface area contributed by atoms with Crippen LogP contribution in [0.3, 0.4) is 0 Å². The second kappa shape index (κ2) is 6.61. The van der Waals surface area contributed by atoms with Gasteiger partial charge >= 0.3 is 5.97 Å². The lowest BCUT2D eigenvalue weighted by Crippen LogP contribution is -2.30. The van der Waals surface area contributed by atoms with Crippen LogP contribution in [0.15, 0.2) is 18.2 Å². The lowest BCUT2D eigenvalue weighted by atomic mass is 10.1. The van der Waals surface area contributed by atoms with E-state index in [1.165, 1.54) is 0 Å². The zero-order valence-corrected chi connectivity index (χ0v) is 12.5. The molecule has 0 aromatic heterocycles. The largest absolute Gasteiger partial charge is 0.493 e.